The van der Waals surface area contributed by atoms with Gasteiger partial charge >= 0.3 is 0 Å². The molecule has 0 aliphatic carbocycles. The van der Waals surface area contributed by atoms with Crippen LogP contribution in [0.2, 0.25) is 0 Å². The van der Waals surface area contributed by atoms with Crippen molar-refractivity contribution in [1.82, 2.24) is 0 Å². The molecule has 0 atom stereocenters. The van der Waals surface area contributed by atoms with Gasteiger partial charge in [-0.1, -0.05) is 13.0 Å². The minimum absolute atomic E-state index is 0.0484. The van der Waals surface area contributed by atoms with Crippen molar-refractivity contribution in [3.8, 4) is 0 Å². The van der Waals surface area contributed by atoms with Crippen molar-refractivity contribution in [3.05, 3.63) is 48.0 Å². The predicted octanol–water partition coefficient (Wildman–Crippen LogP) is 3.38. The average molecular weight is 382 g/mol. The SMILES string of the molecule is CCC(=O)Nc1cc(NC(=O)CNc2ccc(N(C)C(C)=O)cc2)ccc1C. The molecular weight excluding hydrogens is 356 g/mol. The molecule has 0 radical (unpaired) electrons. The van der Waals surface area contributed by atoms with E-state index in [1.54, 1.807) is 31.0 Å². The normalized spacial score (nSPS) is 10.1. The third-order valence-electron chi connectivity index (χ3n) is 4.30. The zero-order chi connectivity index (χ0) is 20.7. The number of amides is 3. The summed E-state index contributed by atoms with van der Waals surface area (Å²) >= 11 is 0. The molecular formula is C21H26N4O3. The molecule has 0 unspecified atom stereocenters. The van der Waals surface area contributed by atoms with Crippen LogP contribution >= 0.6 is 0 Å². The van der Waals surface area contributed by atoms with E-state index in [1.165, 1.54) is 6.92 Å². The molecule has 0 bridgehead atoms. The zero-order valence-electron chi connectivity index (χ0n) is 16.6. The van der Waals surface area contributed by atoms with Gasteiger partial charge in [0.1, 0.15) is 0 Å². The monoisotopic (exact) mass is 382 g/mol. The quantitative estimate of drug-likeness (QED) is 0.685. The molecule has 0 spiro atoms. The molecule has 2 aromatic carbocycles. The highest BCUT2D eigenvalue weighted by molar-refractivity contribution is 5.96. The smallest absolute Gasteiger partial charge is 0.243 e. The van der Waals surface area contributed by atoms with Crippen molar-refractivity contribution in [3.63, 3.8) is 0 Å². The fraction of sp³-hybridized carbons (Fsp3) is 0.286. The van der Waals surface area contributed by atoms with E-state index < -0.39 is 0 Å². The molecule has 7 nitrogen and oxygen atoms in total. The van der Waals surface area contributed by atoms with Crippen LogP contribution in [0.4, 0.5) is 22.7 Å². The lowest BCUT2D eigenvalue weighted by molar-refractivity contribution is -0.116. The summed E-state index contributed by atoms with van der Waals surface area (Å²) in [6.45, 7) is 5.27. The highest BCUT2D eigenvalue weighted by Gasteiger charge is 2.08. The molecule has 2 aromatic rings. The van der Waals surface area contributed by atoms with Crippen LogP contribution in [0, 0.1) is 6.92 Å². The second-order valence-electron chi connectivity index (χ2n) is 6.46. The molecule has 0 aromatic heterocycles. The third-order valence-corrected chi connectivity index (χ3v) is 4.30. The van der Waals surface area contributed by atoms with Gasteiger partial charge in [0.15, 0.2) is 0 Å². The van der Waals surface area contributed by atoms with E-state index in [4.69, 9.17) is 0 Å². The zero-order valence-corrected chi connectivity index (χ0v) is 16.6. The van der Waals surface area contributed by atoms with E-state index in [0.29, 0.717) is 17.8 Å². The number of nitrogens with one attached hydrogen (secondary N) is 3. The van der Waals surface area contributed by atoms with Crippen LogP contribution in [0.25, 0.3) is 0 Å². The Bertz CT molecular complexity index is 862. The van der Waals surface area contributed by atoms with Crippen LogP contribution in [-0.2, 0) is 14.4 Å². The van der Waals surface area contributed by atoms with Crippen LogP contribution < -0.4 is 20.9 Å². The van der Waals surface area contributed by atoms with Crippen molar-refractivity contribution < 1.29 is 14.4 Å². The summed E-state index contributed by atoms with van der Waals surface area (Å²) in [6, 6.07) is 12.6. The standard InChI is InChI=1S/C21H26N4O3/c1-5-20(27)24-19-12-17(7-6-14(19)2)23-21(28)13-22-16-8-10-18(11-9-16)25(4)15(3)26/h6-12,22H,5,13H2,1-4H3,(H,23,28)(H,24,27). The third kappa shape index (κ3) is 5.84. The van der Waals surface area contributed by atoms with Gasteiger partial charge in [-0.05, 0) is 48.9 Å². The van der Waals surface area contributed by atoms with E-state index in [2.05, 4.69) is 16.0 Å². The first-order valence-electron chi connectivity index (χ1n) is 9.08. The number of rotatable bonds is 7. The van der Waals surface area contributed by atoms with Crippen LogP contribution in [0.15, 0.2) is 42.5 Å². The van der Waals surface area contributed by atoms with Gasteiger partial charge in [0.05, 0.1) is 6.54 Å². The first-order valence-corrected chi connectivity index (χ1v) is 9.08. The molecule has 0 aliphatic rings. The van der Waals surface area contributed by atoms with Crippen LogP contribution in [0.1, 0.15) is 25.8 Å². The molecule has 0 heterocycles. The lowest BCUT2D eigenvalue weighted by atomic mass is 10.1. The molecule has 3 amide bonds. The van der Waals surface area contributed by atoms with E-state index in [1.807, 2.05) is 37.3 Å². The molecule has 0 saturated heterocycles. The van der Waals surface area contributed by atoms with Crippen molar-refractivity contribution in [1.29, 1.82) is 0 Å². The van der Waals surface area contributed by atoms with Crippen LogP contribution in [-0.4, -0.2) is 31.3 Å². The fourth-order valence-electron chi connectivity index (χ4n) is 2.45. The Morgan fingerprint density at radius 1 is 0.929 bits per heavy atom. The first-order chi connectivity index (χ1) is 13.3. The van der Waals surface area contributed by atoms with Gasteiger partial charge in [-0.2, -0.15) is 0 Å². The molecule has 148 valence electrons. The van der Waals surface area contributed by atoms with Gasteiger partial charge in [-0.3, -0.25) is 14.4 Å². The number of aryl methyl sites for hydroxylation is 1. The summed E-state index contributed by atoms with van der Waals surface area (Å²) in [5, 5.41) is 8.67. The number of benzene rings is 2. The van der Waals surface area contributed by atoms with E-state index in [9.17, 15) is 14.4 Å². The van der Waals surface area contributed by atoms with Gasteiger partial charge in [-0.15, -0.1) is 0 Å². The van der Waals surface area contributed by atoms with Gasteiger partial charge in [0.25, 0.3) is 0 Å². The first kappa shape index (κ1) is 21.0. The maximum absolute atomic E-state index is 12.2. The maximum Gasteiger partial charge on any atom is 0.243 e. The molecule has 7 heteroatoms. The van der Waals surface area contributed by atoms with Crippen molar-refractivity contribution in [2.24, 2.45) is 0 Å². The van der Waals surface area contributed by atoms with Gasteiger partial charge in [-0.25, -0.2) is 0 Å². The Hall–Kier alpha value is -3.35. The van der Waals surface area contributed by atoms with E-state index in [-0.39, 0.29) is 24.3 Å². The number of carbonyl (C=O) groups is 3. The molecule has 0 aliphatic heterocycles. The van der Waals surface area contributed by atoms with E-state index >= 15 is 0 Å². The Balaban J connectivity index is 1.93. The molecule has 0 fully saturated rings. The Kier molecular flexibility index (Phi) is 7.14. The van der Waals surface area contributed by atoms with Gasteiger partial charge in [0.2, 0.25) is 17.7 Å². The summed E-state index contributed by atoms with van der Waals surface area (Å²) in [6.07, 6.45) is 0.390. The fourth-order valence-corrected chi connectivity index (χ4v) is 2.45. The topological polar surface area (TPSA) is 90.5 Å². The highest BCUT2D eigenvalue weighted by atomic mass is 16.2. The minimum Gasteiger partial charge on any atom is -0.376 e. The Morgan fingerprint density at radius 2 is 1.57 bits per heavy atom. The molecule has 2 rings (SSSR count). The second-order valence-corrected chi connectivity index (χ2v) is 6.46. The van der Waals surface area contributed by atoms with Crippen LogP contribution in [0.3, 0.4) is 0 Å². The highest BCUT2D eigenvalue weighted by Crippen LogP contribution is 2.21. The predicted molar refractivity (Wildman–Crippen MR) is 113 cm³/mol. The Morgan fingerprint density at radius 3 is 2.18 bits per heavy atom. The number of carbonyl (C=O) groups excluding carboxylic acids is 3. The van der Waals surface area contributed by atoms with Gasteiger partial charge in [0, 0.05) is 43.1 Å². The number of nitrogens with zero attached hydrogens (tertiary/aromatic N) is 1. The summed E-state index contributed by atoms with van der Waals surface area (Å²) in [5.41, 5.74) is 3.78. The van der Waals surface area contributed by atoms with Crippen LogP contribution in [0.5, 0.6) is 0 Å². The second kappa shape index (κ2) is 9.55. The summed E-state index contributed by atoms with van der Waals surface area (Å²) in [5.74, 6) is -0.332. The number of anilines is 4. The Labute approximate surface area is 165 Å². The molecule has 28 heavy (non-hydrogen) atoms. The maximum atomic E-state index is 12.2. The minimum atomic E-state index is -0.207. The van der Waals surface area contributed by atoms with Crippen molar-refractivity contribution in [2.45, 2.75) is 27.2 Å². The molecule has 3 N–H and O–H groups in total. The van der Waals surface area contributed by atoms with Crippen molar-refractivity contribution >= 4 is 40.5 Å². The van der Waals surface area contributed by atoms with Crippen molar-refractivity contribution in [2.75, 3.05) is 34.4 Å². The summed E-state index contributed by atoms with van der Waals surface area (Å²) < 4.78 is 0. The lowest BCUT2D eigenvalue weighted by Crippen LogP contribution is -2.23. The van der Waals surface area contributed by atoms with Gasteiger partial charge < -0.3 is 20.9 Å². The lowest BCUT2D eigenvalue weighted by Gasteiger charge is -2.15. The summed E-state index contributed by atoms with van der Waals surface area (Å²) in [4.78, 5) is 36.7. The largest absolute Gasteiger partial charge is 0.376 e. The molecule has 0 saturated carbocycles. The summed E-state index contributed by atoms with van der Waals surface area (Å²) in [7, 11) is 1.71. The number of hydrogen-bond acceptors (Lipinski definition) is 4. The number of hydrogen-bond donors (Lipinski definition) is 3. The van der Waals surface area contributed by atoms with E-state index in [0.717, 1.165) is 16.9 Å². The average Bonchev–Trinajstić information content (AvgIpc) is 2.68.